The third kappa shape index (κ3) is 3.91. The summed E-state index contributed by atoms with van der Waals surface area (Å²) in [6.07, 6.45) is 3.34. The molecule has 1 aromatic carbocycles. The van der Waals surface area contributed by atoms with Crippen LogP contribution in [-0.4, -0.2) is 18.1 Å². The average molecular weight is 252 g/mol. The number of benzene rings is 1. The second-order valence-electron chi connectivity index (χ2n) is 4.33. The molecule has 0 heterocycles. The summed E-state index contributed by atoms with van der Waals surface area (Å²) < 4.78 is 4.96. The van der Waals surface area contributed by atoms with Crippen LogP contribution in [0.1, 0.15) is 33.1 Å². The Hall–Kier alpha value is -1.78. The van der Waals surface area contributed by atoms with Crippen LogP contribution in [0, 0.1) is 10.1 Å². The molecule has 0 aromatic heterocycles. The Bertz CT molecular complexity index is 407. The number of anilines is 1. The molecule has 1 unspecified atom stereocenters. The molecule has 0 radical (unpaired) electrons. The zero-order valence-corrected chi connectivity index (χ0v) is 11.1. The van der Waals surface area contributed by atoms with Gasteiger partial charge in [-0.25, -0.2) is 0 Å². The highest BCUT2D eigenvalue weighted by Gasteiger charge is 2.15. The van der Waals surface area contributed by atoms with Gasteiger partial charge in [-0.15, -0.1) is 0 Å². The molecule has 5 heteroatoms. The molecule has 1 rings (SSSR count). The van der Waals surface area contributed by atoms with Gasteiger partial charge in [-0.05, 0) is 25.5 Å². The first kappa shape index (κ1) is 14.3. The Morgan fingerprint density at radius 1 is 1.50 bits per heavy atom. The fraction of sp³-hybridized carbons (Fsp3) is 0.538. The van der Waals surface area contributed by atoms with Crippen LogP contribution >= 0.6 is 0 Å². The molecule has 0 saturated heterocycles. The van der Waals surface area contributed by atoms with E-state index in [9.17, 15) is 10.1 Å². The zero-order chi connectivity index (χ0) is 13.5. The molecule has 1 aromatic rings. The van der Waals surface area contributed by atoms with Crippen molar-refractivity contribution in [1.29, 1.82) is 0 Å². The molecular formula is C13H20N2O3. The molecule has 5 nitrogen and oxygen atoms in total. The number of nitrogens with zero attached hydrogens (tertiary/aromatic N) is 1. The van der Waals surface area contributed by atoms with Crippen molar-refractivity contribution < 1.29 is 9.66 Å². The van der Waals surface area contributed by atoms with Gasteiger partial charge in [0.1, 0.15) is 0 Å². The average Bonchev–Trinajstić information content (AvgIpc) is 2.36. The molecule has 0 aliphatic heterocycles. The molecule has 0 bridgehead atoms. The second-order valence-corrected chi connectivity index (χ2v) is 4.33. The first-order chi connectivity index (χ1) is 8.58. The van der Waals surface area contributed by atoms with E-state index in [2.05, 4.69) is 19.2 Å². The second kappa shape index (κ2) is 6.83. The maximum atomic E-state index is 10.9. The third-order valence-corrected chi connectivity index (χ3v) is 2.78. The number of ether oxygens (including phenoxy) is 1. The van der Waals surface area contributed by atoms with E-state index in [0.717, 1.165) is 24.9 Å². The molecule has 0 amide bonds. The van der Waals surface area contributed by atoms with Crippen molar-refractivity contribution in [3.05, 3.63) is 28.3 Å². The minimum absolute atomic E-state index is 0.00908. The summed E-state index contributed by atoms with van der Waals surface area (Å²) in [4.78, 5) is 10.5. The Morgan fingerprint density at radius 3 is 2.78 bits per heavy atom. The summed E-state index contributed by atoms with van der Waals surface area (Å²) >= 11 is 0. The van der Waals surface area contributed by atoms with E-state index in [4.69, 9.17) is 4.74 Å². The molecule has 0 saturated carbocycles. The highest BCUT2D eigenvalue weighted by molar-refractivity contribution is 5.58. The summed E-state index contributed by atoms with van der Waals surface area (Å²) in [6, 6.07) is 5.24. The minimum Gasteiger partial charge on any atom is -0.490 e. The van der Waals surface area contributed by atoms with Crippen LogP contribution in [-0.2, 0) is 0 Å². The predicted octanol–water partition coefficient (Wildman–Crippen LogP) is 3.59. The number of unbranched alkanes of at least 4 members (excludes halogenated alkanes) is 1. The van der Waals surface area contributed by atoms with Gasteiger partial charge in [0.15, 0.2) is 5.75 Å². The Labute approximate surface area is 107 Å². The first-order valence-electron chi connectivity index (χ1n) is 6.17. The molecule has 1 atom stereocenters. The van der Waals surface area contributed by atoms with Gasteiger partial charge >= 0.3 is 5.69 Å². The van der Waals surface area contributed by atoms with Gasteiger partial charge in [0, 0.05) is 17.8 Å². The summed E-state index contributed by atoms with van der Waals surface area (Å²) in [5, 5.41) is 14.2. The van der Waals surface area contributed by atoms with Crippen molar-refractivity contribution in [2.75, 3.05) is 12.4 Å². The Balaban J connectivity index is 2.78. The van der Waals surface area contributed by atoms with Crippen molar-refractivity contribution in [3.8, 4) is 5.75 Å². The van der Waals surface area contributed by atoms with Gasteiger partial charge in [0.25, 0.3) is 0 Å². The quantitative estimate of drug-likeness (QED) is 0.595. The Kier molecular flexibility index (Phi) is 5.42. The number of rotatable bonds is 7. The Morgan fingerprint density at radius 2 is 2.22 bits per heavy atom. The number of nitro groups is 1. The fourth-order valence-corrected chi connectivity index (χ4v) is 1.79. The molecule has 0 spiro atoms. The maximum absolute atomic E-state index is 10.9. The van der Waals surface area contributed by atoms with Crippen LogP contribution in [0.3, 0.4) is 0 Å². The minimum atomic E-state index is -0.430. The van der Waals surface area contributed by atoms with Gasteiger partial charge in [0.2, 0.25) is 0 Å². The summed E-state index contributed by atoms with van der Waals surface area (Å²) in [6.45, 7) is 4.22. The van der Waals surface area contributed by atoms with Gasteiger partial charge in [-0.1, -0.05) is 19.8 Å². The standard InChI is InChI=1S/C13H20N2O3/c1-4-5-6-10(2)14-11-7-8-13(18-3)12(9-11)15(16)17/h7-10,14H,4-6H2,1-3H3. The van der Waals surface area contributed by atoms with E-state index < -0.39 is 4.92 Å². The number of nitrogens with one attached hydrogen (secondary N) is 1. The van der Waals surface area contributed by atoms with Crippen molar-refractivity contribution >= 4 is 11.4 Å². The molecule has 0 aliphatic rings. The molecule has 0 aliphatic carbocycles. The smallest absolute Gasteiger partial charge is 0.312 e. The van der Waals surface area contributed by atoms with Gasteiger partial charge < -0.3 is 10.1 Å². The number of hydrogen-bond acceptors (Lipinski definition) is 4. The van der Waals surface area contributed by atoms with E-state index in [-0.39, 0.29) is 11.4 Å². The number of hydrogen-bond donors (Lipinski definition) is 1. The van der Waals surface area contributed by atoms with E-state index in [1.165, 1.54) is 13.2 Å². The molecule has 1 N–H and O–H groups in total. The molecule has 100 valence electrons. The van der Waals surface area contributed by atoms with Crippen LogP contribution in [0.25, 0.3) is 0 Å². The van der Waals surface area contributed by atoms with Crippen LogP contribution in [0.4, 0.5) is 11.4 Å². The predicted molar refractivity (Wildman–Crippen MR) is 72.3 cm³/mol. The van der Waals surface area contributed by atoms with Crippen LogP contribution in [0.5, 0.6) is 5.75 Å². The van der Waals surface area contributed by atoms with Gasteiger partial charge in [0.05, 0.1) is 12.0 Å². The summed E-state index contributed by atoms with van der Waals surface area (Å²) in [5.74, 6) is 0.284. The monoisotopic (exact) mass is 252 g/mol. The van der Waals surface area contributed by atoms with Crippen molar-refractivity contribution in [2.24, 2.45) is 0 Å². The van der Waals surface area contributed by atoms with Crippen molar-refractivity contribution in [1.82, 2.24) is 0 Å². The largest absolute Gasteiger partial charge is 0.490 e. The van der Waals surface area contributed by atoms with E-state index in [1.54, 1.807) is 12.1 Å². The summed E-state index contributed by atoms with van der Waals surface area (Å²) in [7, 11) is 1.43. The molecule has 0 fully saturated rings. The SMILES string of the molecule is CCCCC(C)Nc1ccc(OC)c([N+](=O)[O-])c1. The van der Waals surface area contributed by atoms with Crippen molar-refractivity contribution in [2.45, 2.75) is 39.2 Å². The fourth-order valence-electron chi connectivity index (χ4n) is 1.79. The van der Waals surface area contributed by atoms with Crippen LogP contribution in [0.15, 0.2) is 18.2 Å². The lowest BCUT2D eigenvalue weighted by Gasteiger charge is -2.15. The van der Waals surface area contributed by atoms with E-state index >= 15 is 0 Å². The lowest BCUT2D eigenvalue weighted by molar-refractivity contribution is -0.385. The van der Waals surface area contributed by atoms with Gasteiger partial charge in [-0.2, -0.15) is 0 Å². The first-order valence-corrected chi connectivity index (χ1v) is 6.17. The third-order valence-electron chi connectivity index (χ3n) is 2.78. The van der Waals surface area contributed by atoms with Crippen molar-refractivity contribution in [3.63, 3.8) is 0 Å². The van der Waals surface area contributed by atoms with Gasteiger partial charge in [-0.3, -0.25) is 10.1 Å². The van der Waals surface area contributed by atoms with Crippen LogP contribution < -0.4 is 10.1 Å². The lowest BCUT2D eigenvalue weighted by Crippen LogP contribution is -2.14. The maximum Gasteiger partial charge on any atom is 0.312 e. The van der Waals surface area contributed by atoms with E-state index in [0.29, 0.717) is 6.04 Å². The van der Waals surface area contributed by atoms with Crippen LogP contribution in [0.2, 0.25) is 0 Å². The normalized spacial score (nSPS) is 11.9. The number of nitro benzene ring substituents is 1. The van der Waals surface area contributed by atoms with E-state index in [1.807, 2.05) is 0 Å². The lowest BCUT2D eigenvalue weighted by atomic mass is 10.1. The highest BCUT2D eigenvalue weighted by atomic mass is 16.6. The zero-order valence-electron chi connectivity index (χ0n) is 11.1. The number of methoxy groups -OCH3 is 1. The molecular weight excluding hydrogens is 232 g/mol. The summed E-state index contributed by atoms with van der Waals surface area (Å²) in [5.41, 5.74) is 0.747. The highest BCUT2D eigenvalue weighted by Crippen LogP contribution is 2.30. The molecule has 18 heavy (non-hydrogen) atoms. The topological polar surface area (TPSA) is 64.4 Å².